The molecular weight excluding hydrogens is 318 g/mol. The molecule has 7 heteroatoms. The molecule has 0 spiro atoms. The number of piperazine rings is 1. The average Bonchev–Trinajstić information content (AvgIpc) is 2.97. The first kappa shape index (κ1) is 17.5. The zero-order chi connectivity index (χ0) is 18.2. The summed E-state index contributed by atoms with van der Waals surface area (Å²) in [6.07, 6.45) is 5.44. The molecule has 0 saturated carbocycles. The molecule has 2 aromatic rings. The Morgan fingerprint density at radius 2 is 1.84 bits per heavy atom. The number of hydrogen-bond acceptors (Lipinski definition) is 5. The Bertz CT molecular complexity index is 754. The molecule has 136 valence electrons. The highest BCUT2D eigenvalue weighted by Crippen LogP contribution is 2.23. The van der Waals surface area contributed by atoms with E-state index in [-0.39, 0.29) is 6.09 Å². The third-order valence-corrected chi connectivity index (χ3v) is 4.26. The molecule has 1 aliphatic heterocycles. The maximum atomic E-state index is 12.2. The fraction of sp³-hybridized carbons (Fsp3) is 0.611. The third kappa shape index (κ3) is 3.70. The van der Waals surface area contributed by atoms with Gasteiger partial charge >= 0.3 is 6.09 Å². The maximum Gasteiger partial charge on any atom is 0.410 e. The fourth-order valence-electron chi connectivity index (χ4n) is 3.00. The molecular formula is C18H27N5O2. The monoisotopic (exact) mass is 345 g/mol. The van der Waals surface area contributed by atoms with Crippen LogP contribution in [0.4, 0.5) is 10.6 Å². The van der Waals surface area contributed by atoms with Crippen LogP contribution in [0, 0.1) is 0 Å². The van der Waals surface area contributed by atoms with Gasteiger partial charge in [-0.3, -0.25) is 4.40 Å². The van der Waals surface area contributed by atoms with Crippen molar-refractivity contribution >= 4 is 17.6 Å². The molecule has 25 heavy (non-hydrogen) atoms. The second-order valence-electron chi connectivity index (χ2n) is 7.74. The van der Waals surface area contributed by atoms with Crippen molar-refractivity contribution in [3.63, 3.8) is 0 Å². The van der Waals surface area contributed by atoms with Crippen LogP contribution in [-0.4, -0.2) is 57.1 Å². The van der Waals surface area contributed by atoms with Gasteiger partial charge in [0.1, 0.15) is 5.60 Å². The highest BCUT2D eigenvalue weighted by atomic mass is 16.6. The Hall–Kier alpha value is -2.31. The van der Waals surface area contributed by atoms with Crippen LogP contribution in [0.25, 0.3) is 5.65 Å². The van der Waals surface area contributed by atoms with Crippen molar-refractivity contribution in [1.29, 1.82) is 0 Å². The summed E-state index contributed by atoms with van der Waals surface area (Å²) in [7, 11) is 0. The van der Waals surface area contributed by atoms with Gasteiger partial charge in [0.15, 0.2) is 11.5 Å². The van der Waals surface area contributed by atoms with E-state index in [1.807, 2.05) is 39.4 Å². The zero-order valence-corrected chi connectivity index (χ0v) is 15.7. The number of ether oxygens (including phenoxy) is 1. The van der Waals surface area contributed by atoms with Gasteiger partial charge in [0.2, 0.25) is 0 Å². The van der Waals surface area contributed by atoms with Gasteiger partial charge in [-0.05, 0) is 26.7 Å². The lowest BCUT2D eigenvalue weighted by molar-refractivity contribution is 0.0240. The summed E-state index contributed by atoms with van der Waals surface area (Å²) >= 11 is 0. The molecule has 0 aromatic carbocycles. The molecule has 0 atom stereocenters. The number of carbonyl (C=O) groups excluding carboxylic acids is 1. The smallest absolute Gasteiger partial charge is 0.410 e. The third-order valence-electron chi connectivity index (χ3n) is 4.26. The summed E-state index contributed by atoms with van der Waals surface area (Å²) in [5.74, 6) is 1.27. The standard InChI is InChI=1S/C18H27N5O2/c1-13(2)14-12-20-16-15(19-6-7-23(14)16)21-8-10-22(11-9-21)17(24)25-18(3,4)5/h6-7,12-13H,8-11H2,1-5H3. The summed E-state index contributed by atoms with van der Waals surface area (Å²) in [4.78, 5) is 25.3. The summed E-state index contributed by atoms with van der Waals surface area (Å²) in [6.45, 7) is 12.6. The summed E-state index contributed by atoms with van der Waals surface area (Å²) in [5.41, 5.74) is 1.58. The fourth-order valence-corrected chi connectivity index (χ4v) is 3.00. The molecule has 1 amide bonds. The number of fused-ring (bicyclic) bond motifs is 1. The number of hydrogen-bond donors (Lipinski definition) is 0. The van der Waals surface area contributed by atoms with Gasteiger partial charge in [0.05, 0.1) is 0 Å². The normalized spacial score (nSPS) is 15.9. The maximum absolute atomic E-state index is 12.2. The first-order valence-electron chi connectivity index (χ1n) is 8.81. The van der Waals surface area contributed by atoms with Crippen LogP contribution in [0.2, 0.25) is 0 Å². The van der Waals surface area contributed by atoms with E-state index in [1.54, 1.807) is 4.90 Å². The van der Waals surface area contributed by atoms with Gasteiger partial charge < -0.3 is 14.5 Å². The molecule has 3 rings (SSSR count). The molecule has 0 radical (unpaired) electrons. The molecule has 1 saturated heterocycles. The van der Waals surface area contributed by atoms with Gasteiger partial charge in [-0.25, -0.2) is 14.8 Å². The Balaban J connectivity index is 1.73. The number of imidazole rings is 1. The number of amides is 1. The van der Waals surface area contributed by atoms with Crippen LogP contribution in [0.1, 0.15) is 46.2 Å². The van der Waals surface area contributed by atoms with Crippen LogP contribution in [0.5, 0.6) is 0 Å². The molecule has 1 fully saturated rings. The molecule has 7 nitrogen and oxygen atoms in total. The Morgan fingerprint density at radius 3 is 2.44 bits per heavy atom. The van der Waals surface area contributed by atoms with Gasteiger partial charge in [-0.15, -0.1) is 0 Å². The van der Waals surface area contributed by atoms with E-state index in [9.17, 15) is 4.79 Å². The van der Waals surface area contributed by atoms with E-state index < -0.39 is 5.60 Å². The Kier molecular flexibility index (Phi) is 4.58. The van der Waals surface area contributed by atoms with E-state index >= 15 is 0 Å². The lowest BCUT2D eigenvalue weighted by atomic mass is 10.1. The Labute approximate surface area is 148 Å². The predicted molar refractivity (Wildman–Crippen MR) is 97.1 cm³/mol. The predicted octanol–water partition coefficient (Wildman–Crippen LogP) is 2.91. The number of carbonyl (C=O) groups is 1. The molecule has 3 heterocycles. The molecule has 0 N–H and O–H groups in total. The van der Waals surface area contributed by atoms with Crippen LogP contribution < -0.4 is 4.90 Å². The minimum atomic E-state index is -0.468. The minimum absolute atomic E-state index is 0.249. The number of rotatable bonds is 2. The van der Waals surface area contributed by atoms with Gasteiger partial charge in [-0.1, -0.05) is 13.8 Å². The first-order chi connectivity index (χ1) is 11.8. The highest BCUT2D eigenvalue weighted by molar-refractivity contribution is 5.69. The van der Waals surface area contributed by atoms with Crippen molar-refractivity contribution in [2.24, 2.45) is 0 Å². The van der Waals surface area contributed by atoms with E-state index in [2.05, 4.69) is 33.1 Å². The van der Waals surface area contributed by atoms with Crippen molar-refractivity contribution in [2.45, 2.75) is 46.1 Å². The molecule has 0 unspecified atom stereocenters. The van der Waals surface area contributed by atoms with Crippen molar-refractivity contribution in [1.82, 2.24) is 19.3 Å². The molecule has 2 aromatic heterocycles. The first-order valence-corrected chi connectivity index (χ1v) is 8.81. The second kappa shape index (κ2) is 6.54. The Morgan fingerprint density at radius 1 is 1.16 bits per heavy atom. The van der Waals surface area contributed by atoms with Crippen molar-refractivity contribution in [3.8, 4) is 0 Å². The average molecular weight is 345 g/mol. The lowest BCUT2D eigenvalue weighted by Gasteiger charge is -2.36. The van der Waals surface area contributed by atoms with Crippen LogP contribution in [0.3, 0.4) is 0 Å². The zero-order valence-electron chi connectivity index (χ0n) is 15.7. The summed E-state index contributed by atoms with van der Waals surface area (Å²) in [5, 5.41) is 0. The van der Waals surface area contributed by atoms with Crippen molar-refractivity contribution < 1.29 is 9.53 Å². The van der Waals surface area contributed by atoms with Gasteiger partial charge in [-0.2, -0.15) is 0 Å². The number of nitrogens with zero attached hydrogens (tertiary/aromatic N) is 5. The van der Waals surface area contributed by atoms with Gasteiger partial charge in [0, 0.05) is 50.5 Å². The second-order valence-corrected chi connectivity index (χ2v) is 7.74. The van der Waals surface area contributed by atoms with Crippen LogP contribution in [0.15, 0.2) is 18.6 Å². The van der Waals surface area contributed by atoms with E-state index in [1.165, 1.54) is 5.69 Å². The van der Waals surface area contributed by atoms with Gasteiger partial charge in [0.25, 0.3) is 0 Å². The van der Waals surface area contributed by atoms with Crippen molar-refractivity contribution in [3.05, 3.63) is 24.3 Å². The topological polar surface area (TPSA) is 63.0 Å². The van der Waals surface area contributed by atoms with Crippen LogP contribution in [-0.2, 0) is 4.74 Å². The minimum Gasteiger partial charge on any atom is -0.444 e. The van der Waals surface area contributed by atoms with Crippen molar-refractivity contribution in [2.75, 3.05) is 31.1 Å². The molecule has 0 bridgehead atoms. The van der Waals surface area contributed by atoms with E-state index in [0.717, 1.165) is 24.6 Å². The lowest BCUT2D eigenvalue weighted by Crippen LogP contribution is -2.50. The highest BCUT2D eigenvalue weighted by Gasteiger charge is 2.27. The number of aromatic nitrogens is 3. The van der Waals surface area contributed by atoms with Crippen LogP contribution >= 0.6 is 0 Å². The van der Waals surface area contributed by atoms with E-state index in [0.29, 0.717) is 19.0 Å². The largest absolute Gasteiger partial charge is 0.444 e. The summed E-state index contributed by atoms with van der Waals surface area (Å²) < 4.78 is 7.56. The summed E-state index contributed by atoms with van der Waals surface area (Å²) in [6, 6.07) is 0. The quantitative estimate of drug-likeness (QED) is 0.837. The SMILES string of the molecule is CC(C)c1cnc2c(N3CCN(C(=O)OC(C)(C)C)CC3)nccn12. The molecule has 0 aliphatic carbocycles. The van der Waals surface area contributed by atoms with E-state index in [4.69, 9.17) is 4.74 Å². The number of anilines is 1. The molecule has 1 aliphatic rings.